The summed E-state index contributed by atoms with van der Waals surface area (Å²) in [6.45, 7) is 20.3. The van der Waals surface area contributed by atoms with Gasteiger partial charge in [0.15, 0.2) is 0 Å². The van der Waals surface area contributed by atoms with E-state index in [1.165, 1.54) is 6.92 Å². The third-order valence-corrected chi connectivity index (χ3v) is 28.4. The molecule has 21 rings (SSSR count). The van der Waals surface area contributed by atoms with Gasteiger partial charge in [-0.2, -0.15) is 5.26 Å². The molecule has 13 heterocycles. The molecule has 5 aliphatic carbocycles. The molecule has 0 spiro atoms. The van der Waals surface area contributed by atoms with E-state index in [0.717, 1.165) is 280 Å². The van der Waals surface area contributed by atoms with Gasteiger partial charge < -0.3 is 58.0 Å². The highest BCUT2D eigenvalue weighted by Gasteiger charge is 2.45. The average Bonchev–Trinajstić information content (AvgIpc) is 1.62. The van der Waals surface area contributed by atoms with Crippen LogP contribution in [0.15, 0.2) is 183 Å². The molecule has 0 radical (unpaired) electrons. The van der Waals surface area contributed by atoms with Crippen molar-refractivity contribution in [3.05, 3.63) is 216 Å². The van der Waals surface area contributed by atoms with Crippen LogP contribution in [-0.2, 0) is 36.4 Å². The number of halogens is 4. The third-order valence-electron chi connectivity index (χ3n) is 28.4. The zero-order chi connectivity index (χ0) is 95.1. The molecule has 24 nitrogen and oxygen atoms in total. The Kier molecular flexibility index (Phi) is 26.0. The van der Waals surface area contributed by atoms with E-state index in [1.807, 2.05) is 167 Å². The Morgan fingerprint density at radius 3 is 1.04 bits per heavy atom. The van der Waals surface area contributed by atoms with Crippen molar-refractivity contribution in [1.29, 1.82) is 5.26 Å². The van der Waals surface area contributed by atoms with Crippen LogP contribution in [0, 0.1) is 72.6 Å². The first kappa shape index (κ1) is 92.6. The first-order valence-corrected chi connectivity index (χ1v) is 47.6. The molecule has 5 fully saturated rings. The van der Waals surface area contributed by atoms with Gasteiger partial charge in [0.25, 0.3) is 0 Å². The normalized spacial score (nSPS) is 17.6. The molecule has 0 bridgehead atoms. The van der Waals surface area contributed by atoms with E-state index in [-0.39, 0.29) is 17.4 Å². The lowest BCUT2D eigenvalue weighted by atomic mass is 9.81. The van der Waals surface area contributed by atoms with Gasteiger partial charge in [-0.3, -0.25) is 24.7 Å². The number of benzene rings is 3. The second-order valence-electron chi connectivity index (χ2n) is 38.6. The fraction of sp³-hybridized carbons (Fsp3) is 0.389. The highest BCUT2D eigenvalue weighted by atomic mass is 19.2. The van der Waals surface area contributed by atoms with Crippen LogP contribution in [0.3, 0.4) is 0 Å². The molecular formula is C108H116F4N18O6. The minimum atomic E-state index is -1.22. The number of carbonyl (C=O) groups excluding carboxylic acids is 2. The monoisotopic (exact) mass is 1840 g/mol. The highest BCUT2D eigenvalue weighted by molar-refractivity contribution is 6.00. The summed E-state index contributed by atoms with van der Waals surface area (Å²) in [5.41, 5.74) is 29.0. The standard InChI is InChI=1S/C30H31FN4O.C27H30FN5O2.C27H29FN4O2.C24H26FN5O/c1-19-27(20(2)36-34-19)23-14-26-28(33-15-23)25(17-35(26)16-21-8-10-29(3,31)11-9-21)22-4-6-24(7-5-22)30(18-32)12-13-30;1-17-24(18(2)35-32-17)20-13-23-25(30-14-20)22(15-33(23)16-27(28)11-5-4-6-12-27)19-7-9-21(10-8-19)31-26(34)29-3;1-17-25(18(2)34-31-17)21-13-24-26(29-14-21)23(20-7-9-22(10-8-20)30-19(3)33)15-32(24)16-27(28)11-5-4-6-12-27;1-15-22(16(2)31-29-15)18-10-20-23(28-12-18)19(17-6-7-21(26)27-11-17)13-30(20)14-24(25)8-4-3-5-9-24/h4-7,14-15,17,21H,8-13,16H2,1-3H3;7-10,13-15H,4-6,11-12,16H2,1-3H3,(H2,29,31,34);7-10,13-15H,4-6,11-12,16H2,1-3H3,(H,30,33);6-7,10-13H,3-5,8-9,14H2,1-2H3,(H2,26,27). The van der Waals surface area contributed by atoms with Crippen molar-refractivity contribution in [2.24, 2.45) is 5.92 Å². The number of hydrogen-bond acceptors (Lipinski definition) is 17. The summed E-state index contributed by atoms with van der Waals surface area (Å²) in [7, 11) is 1.57. The van der Waals surface area contributed by atoms with Crippen LogP contribution in [-0.4, -0.2) is 105 Å². The number of nitrogens with zero attached hydrogens (tertiary/aromatic N) is 14. The van der Waals surface area contributed by atoms with Crippen LogP contribution in [0.25, 0.3) is 133 Å². The smallest absolute Gasteiger partial charge is 0.318 e. The zero-order valence-electron chi connectivity index (χ0n) is 79.1. The number of alkyl halides is 4. The van der Waals surface area contributed by atoms with Crippen LogP contribution in [0.4, 0.5) is 39.5 Å². The summed E-state index contributed by atoms with van der Waals surface area (Å²) in [5.74, 6) is 3.78. The van der Waals surface area contributed by atoms with Crippen molar-refractivity contribution in [3.63, 3.8) is 0 Å². The molecule has 0 unspecified atom stereocenters. The van der Waals surface area contributed by atoms with Crippen LogP contribution in [0.5, 0.6) is 0 Å². The molecular weight excluding hydrogens is 1720 g/mol. The first-order valence-electron chi connectivity index (χ1n) is 47.6. The molecule has 3 aromatic carbocycles. The Morgan fingerprint density at radius 2 is 0.735 bits per heavy atom. The van der Waals surface area contributed by atoms with E-state index in [9.17, 15) is 19.2 Å². The average molecular weight is 1840 g/mol. The maximum atomic E-state index is 15.8. The summed E-state index contributed by atoms with van der Waals surface area (Å²) >= 11 is 0. The van der Waals surface area contributed by atoms with Crippen molar-refractivity contribution in [2.45, 2.75) is 258 Å². The zero-order valence-corrected chi connectivity index (χ0v) is 79.1. The van der Waals surface area contributed by atoms with Gasteiger partial charge >= 0.3 is 6.03 Å². The number of anilines is 3. The largest absolute Gasteiger partial charge is 0.384 e. The number of rotatable bonds is 19. The SMILES string of the molecule is CC(=O)Nc1ccc(-c2cn(CC3(F)CCCCC3)c3cc(-c4c(C)noc4C)cnc23)cc1.CNC(=O)Nc1ccc(-c2cn(CC3(F)CCCCC3)c3cc(-c4c(C)noc4C)cnc23)cc1.Cc1noc(C)c1-c1cnc2c(-c3ccc(C4(C#N)CC4)cc3)cn(CC3CCC(C)(F)CC3)c2c1.Cc1noc(C)c1-c1cnc2c(-c3ccc(N)nc3)cn(CC3(F)CCCCC3)c2c1. The highest BCUT2D eigenvalue weighted by Crippen LogP contribution is 2.50. The van der Waals surface area contributed by atoms with Gasteiger partial charge in [0.1, 0.15) is 51.5 Å². The second-order valence-corrected chi connectivity index (χ2v) is 38.6. The molecule has 5 N–H and O–H groups in total. The summed E-state index contributed by atoms with van der Waals surface area (Å²) in [5, 5.41) is 34.0. The van der Waals surface area contributed by atoms with Gasteiger partial charge in [-0.15, -0.1) is 0 Å². The third kappa shape index (κ3) is 19.6. The molecule has 28 heteroatoms. The van der Waals surface area contributed by atoms with Gasteiger partial charge in [0, 0.05) is 160 Å². The maximum Gasteiger partial charge on any atom is 0.318 e. The predicted octanol–water partition coefficient (Wildman–Crippen LogP) is 26.1. The number of amides is 3. The fourth-order valence-corrected chi connectivity index (χ4v) is 20.9. The number of urea groups is 1. The summed E-state index contributed by atoms with van der Waals surface area (Å²) in [6, 6.07) is 38.0. The Balaban J connectivity index is 0.000000121. The van der Waals surface area contributed by atoms with Crippen LogP contribution in [0.2, 0.25) is 0 Å². The maximum absolute atomic E-state index is 15.8. The number of nitrogens with two attached hydrogens (primary N) is 1. The lowest BCUT2D eigenvalue weighted by Gasteiger charge is -2.31. The first-order chi connectivity index (χ1) is 65.4. The number of carbonyl (C=O) groups is 2. The second kappa shape index (κ2) is 38.1. The number of nitrogen functional groups attached to an aromatic ring is 1. The van der Waals surface area contributed by atoms with Crippen molar-refractivity contribution < 1.29 is 45.2 Å². The summed E-state index contributed by atoms with van der Waals surface area (Å²) < 4.78 is 91.5. The lowest BCUT2D eigenvalue weighted by molar-refractivity contribution is -0.114. The molecule has 3 amide bonds. The van der Waals surface area contributed by atoms with E-state index in [2.05, 4.69) is 107 Å². The van der Waals surface area contributed by atoms with Gasteiger partial charge in [0.2, 0.25) is 5.91 Å². The van der Waals surface area contributed by atoms with E-state index >= 15 is 13.2 Å². The van der Waals surface area contributed by atoms with E-state index in [0.29, 0.717) is 88.4 Å². The van der Waals surface area contributed by atoms with Crippen molar-refractivity contribution in [3.8, 4) is 95.1 Å². The molecule has 0 atom stereocenters. The van der Waals surface area contributed by atoms with Crippen LogP contribution >= 0.6 is 0 Å². The number of aromatic nitrogens is 13. The molecule has 16 aromatic rings. The molecule has 702 valence electrons. The minimum Gasteiger partial charge on any atom is -0.384 e. The van der Waals surface area contributed by atoms with Crippen molar-refractivity contribution in [2.75, 3.05) is 23.4 Å². The quantitative estimate of drug-likeness (QED) is 0.0547. The van der Waals surface area contributed by atoms with Gasteiger partial charge in [-0.1, -0.05) is 127 Å². The topological polar surface area (TPSA) is 308 Å². The molecule has 0 saturated heterocycles. The van der Waals surface area contributed by atoms with Gasteiger partial charge in [0.05, 0.1) is 98.0 Å². The summed E-state index contributed by atoms with van der Waals surface area (Å²) in [6.07, 6.45) is 34.7. The number of hydrogen-bond donors (Lipinski definition) is 4. The molecule has 0 aliphatic heterocycles. The number of nitrogens with one attached hydrogen (secondary N) is 3. The fourth-order valence-electron chi connectivity index (χ4n) is 20.9. The van der Waals surface area contributed by atoms with Crippen LogP contribution in [0.1, 0.15) is 200 Å². The molecule has 13 aromatic heterocycles. The summed E-state index contributed by atoms with van der Waals surface area (Å²) in [4.78, 5) is 46.6. The molecule has 136 heavy (non-hydrogen) atoms. The Bertz CT molecular complexity index is 7030. The van der Waals surface area contributed by atoms with Crippen LogP contribution < -0.4 is 21.7 Å². The Labute approximate surface area is 787 Å². The molecule has 5 aliphatic rings. The number of aryl methyl sites for hydroxylation is 8. The van der Waals surface area contributed by atoms with E-state index in [1.54, 1.807) is 26.2 Å². The Hall–Kier alpha value is -13.8. The number of nitriles is 1. The van der Waals surface area contributed by atoms with Crippen molar-refractivity contribution in [1.82, 2.24) is 69.1 Å². The predicted molar refractivity (Wildman–Crippen MR) is 524 cm³/mol. The van der Waals surface area contributed by atoms with Gasteiger partial charge in [-0.05, 0) is 228 Å². The number of pyridine rings is 5. The minimum absolute atomic E-state index is 0.112. The lowest BCUT2D eigenvalue weighted by Crippen LogP contribution is -2.31. The molecule has 5 saturated carbocycles. The van der Waals surface area contributed by atoms with Crippen molar-refractivity contribution >= 4 is 73.3 Å². The Morgan fingerprint density at radius 1 is 0.419 bits per heavy atom. The van der Waals surface area contributed by atoms with E-state index < -0.39 is 22.7 Å². The van der Waals surface area contributed by atoms with Gasteiger partial charge in [-0.25, -0.2) is 27.3 Å². The number of fused-ring (bicyclic) bond motifs is 4. The van der Waals surface area contributed by atoms with E-state index in [4.69, 9.17) is 43.8 Å².